The molecule has 24 heavy (non-hydrogen) atoms. The first kappa shape index (κ1) is 18.6. The van der Waals surface area contributed by atoms with Crippen LogP contribution in [-0.4, -0.2) is 33.1 Å². The van der Waals surface area contributed by atoms with Crippen LogP contribution >= 0.6 is 42.9 Å². The Labute approximate surface area is 159 Å². The molecule has 1 aliphatic heterocycles. The Balaban J connectivity index is 1.65. The molecule has 0 radical (unpaired) electrons. The molecule has 1 unspecified atom stereocenters. The molecule has 4 aliphatic carbocycles. The second kappa shape index (κ2) is 6.67. The predicted octanol–water partition coefficient (Wildman–Crippen LogP) is 5.90. The lowest BCUT2D eigenvalue weighted by atomic mass is 9.56. The zero-order valence-electron chi connectivity index (χ0n) is 14.9. The SMILES string of the molecule is CCOP(=O)(OCC)C1(SC)CSC2(S1)C1CC3CC(C1)CC2C3. The van der Waals surface area contributed by atoms with Gasteiger partial charge >= 0.3 is 7.60 Å². The van der Waals surface area contributed by atoms with E-state index in [1.54, 1.807) is 11.8 Å². The van der Waals surface area contributed by atoms with Crippen molar-refractivity contribution < 1.29 is 13.6 Å². The number of hydrogen-bond acceptors (Lipinski definition) is 6. The van der Waals surface area contributed by atoms with E-state index in [0.29, 0.717) is 13.2 Å². The molecule has 5 aliphatic rings. The van der Waals surface area contributed by atoms with Crippen molar-refractivity contribution in [2.75, 3.05) is 25.2 Å². The molecule has 1 heterocycles. The molecule has 4 saturated carbocycles. The fraction of sp³-hybridized carbons (Fsp3) is 1.00. The van der Waals surface area contributed by atoms with E-state index >= 15 is 0 Å². The van der Waals surface area contributed by atoms with Crippen molar-refractivity contribution in [3.63, 3.8) is 0 Å². The molecular formula is C17H29O3PS3. The first-order chi connectivity index (χ1) is 11.5. The lowest BCUT2D eigenvalue weighted by Crippen LogP contribution is -2.53. The second-order valence-corrected chi connectivity index (χ2v) is 15.0. The van der Waals surface area contributed by atoms with E-state index in [1.807, 2.05) is 25.6 Å². The van der Waals surface area contributed by atoms with Gasteiger partial charge in [-0.2, -0.15) is 0 Å². The summed E-state index contributed by atoms with van der Waals surface area (Å²) in [6.07, 6.45) is 9.14. The van der Waals surface area contributed by atoms with Crippen LogP contribution in [0.5, 0.6) is 0 Å². The monoisotopic (exact) mass is 408 g/mol. The van der Waals surface area contributed by atoms with E-state index in [4.69, 9.17) is 9.05 Å². The Morgan fingerprint density at radius 3 is 2.04 bits per heavy atom. The van der Waals surface area contributed by atoms with Crippen LogP contribution in [0.15, 0.2) is 0 Å². The van der Waals surface area contributed by atoms with Gasteiger partial charge in [-0.15, -0.1) is 35.3 Å². The summed E-state index contributed by atoms with van der Waals surface area (Å²) >= 11 is 5.81. The highest BCUT2D eigenvalue weighted by atomic mass is 32.2. The predicted molar refractivity (Wildman–Crippen MR) is 107 cm³/mol. The molecule has 0 aromatic heterocycles. The summed E-state index contributed by atoms with van der Waals surface area (Å²) in [4.78, 5) is 0. The van der Waals surface area contributed by atoms with Gasteiger partial charge in [0.05, 0.1) is 17.3 Å². The lowest BCUT2D eigenvalue weighted by Gasteiger charge is -2.59. The standard InChI is InChI=1S/C17H29O3PS3/c1-4-19-21(18,20-5-2)16(22-3)11-23-17(24-16)14-7-12-6-13(9-14)10-15(17)8-12/h12-15H,4-11H2,1-3H3. The zero-order chi connectivity index (χ0) is 17.0. The first-order valence-corrected chi connectivity index (χ1v) is 13.9. The fourth-order valence-electron chi connectivity index (χ4n) is 5.68. The van der Waals surface area contributed by atoms with Gasteiger partial charge in [0, 0.05) is 5.75 Å². The van der Waals surface area contributed by atoms with Crippen LogP contribution in [0.3, 0.4) is 0 Å². The van der Waals surface area contributed by atoms with Gasteiger partial charge in [0.2, 0.25) is 0 Å². The summed E-state index contributed by atoms with van der Waals surface area (Å²) in [5.74, 6) is 4.42. The zero-order valence-corrected chi connectivity index (χ0v) is 18.2. The highest BCUT2D eigenvalue weighted by molar-refractivity contribution is 8.34. The van der Waals surface area contributed by atoms with Crippen molar-refractivity contribution in [1.29, 1.82) is 0 Å². The van der Waals surface area contributed by atoms with Gasteiger partial charge in [0.15, 0.2) is 3.82 Å². The van der Waals surface area contributed by atoms with Crippen molar-refractivity contribution in [2.45, 2.75) is 53.9 Å². The molecule has 0 aromatic carbocycles. The van der Waals surface area contributed by atoms with Crippen LogP contribution in [-0.2, 0) is 13.6 Å². The summed E-state index contributed by atoms with van der Waals surface area (Å²) in [7, 11) is -3.13. The van der Waals surface area contributed by atoms with Gasteiger partial charge in [0.25, 0.3) is 0 Å². The average Bonchev–Trinajstić information content (AvgIpc) is 2.95. The summed E-state index contributed by atoms with van der Waals surface area (Å²) < 4.78 is 25.1. The third-order valence-electron chi connectivity index (χ3n) is 6.41. The highest BCUT2D eigenvalue weighted by Crippen LogP contribution is 2.81. The maximum absolute atomic E-state index is 13.7. The van der Waals surface area contributed by atoms with Crippen molar-refractivity contribution in [3.8, 4) is 0 Å². The van der Waals surface area contributed by atoms with E-state index < -0.39 is 11.4 Å². The van der Waals surface area contributed by atoms with Crippen LogP contribution in [0, 0.1) is 23.7 Å². The number of rotatable bonds is 6. The van der Waals surface area contributed by atoms with Gasteiger partial charge in [-0.3, -0.25) is 4.57 Å². The largest absolute Gasteiger partial charge is 0.357 e. The van der Waals surface area contributed by atoms with Crippen LogP contribution in [0.4, 0.5) is 0 Å². The molecule has 3 nitrogen and oxygen atoms in total. The molecule has 5 fully saturated rings. The second-order valence-electron chi connectivity index (χ2n) is 7.67. The quantitative estimate of drug-likeness (QED) is 0.509. The fourth-order valence-corrected chi connectivity index (χ4v) is 15.5. The van der Waals surface area contributed by atoms with Crippen molar-refractivity contribution in [3.05, 3.63) is 0 Å². The molecule has 5 rings (SSSR count). The third-order valence-corrected chi connectivity index (χ3v) is 16.6. The minimum Gasteiger partial charge on any atom is -0.307 e. The van der Waals surface area contributed by atoms with Gasteiger partial charge in [0.1, 0.15) is 0 Å². The Bertz CT molecular complexity index is 505. The minimum absolute atomic E-state index is 0.264. The van der Waals surface area contributed by atoms with Gasteiger partial charge < -0.3 is 9.05 Å². The van der Waals surface area contributed by atoms with E-state index in [1.165, 1.54) is 32.1 Å². The minimum atomic E-state index is -3.13. The molecular weight excluding hydrogens is 379 g/mol. The highest BCUT2D eigenvalue weighted by Gasteiger charge is 2.68. The Morgan fingerprint density at radius 2 is 1.58 bits per heavy atom. The molecule has 4 bridgehead atoms. The van der Waals surface area contributed by atoms with Gasteiger partial charge in [-0.05, 0) is 75.9 Å². The summed E-state index contributed by atoms with van der Waals surface area (Å²) in [6.45, 7) is 4.75. The first-order valence-electron chi connectivity index (χ1n) is 9.29. The lowest BCUT2D eigenvalue weighted by molar-refractivity contribution is 0.0159. The maximum atomic E-state index is 13.7. The van der Waals surface area contributed by atoms with Gasteiger partial charge in [-0.1, -0.05) is 0 Å². The molecule has 7 heteroatoms. The molecule has 1 spiro atoms. The third kappa shape index (κ3) is 2.61. The van der Waals surface area contributed by atoms with E-state index in [9.17, 15) is 4.57 Å². The molecule has 1 atom stereocenters. The van der Waals surface area contributed by atoms with Crippen molar-refractivity contribution >= 4 is 42.9 Å². The van der Waals surface area contributed by atoms with Gasteiger partial charge in [-0.25, -0.2) is 0 Å². The van der Waals surface area contributed by atoms with E-state index in [0.717, 1.165) is 29.4 Å². The van der Waals surface area contributed by atoms with Crippen LogP contribution in [0.25, 0.3) is 0 Å². The van der Waals surface area contributed by atoms with E-state index in [2.05, 4.69) is 18.0 Å². The number of thioether (sulfide) groups is 3. The molecule has 138 valence electrons. The van der Waals surface area contributed by atoms with Crippen LogP contribution in [0.2, 0.25) is 0 Å². The van der Waals surface area contributed by atoms with Crippen LogP contribution < -0.4 is 0 Å². The van der Waals surface area contributed by atoms with Crippen molar-refractivity contribution in [1.82, 2.24) is 0 Å². The van der Waals surface area contributed by atoms with Crippen molar-refractivity contribution in [2.24, 2.45) is 23.7 Å². The molecule has 0 aromatic rings. The normalized spacial score (nSPS) is 47.0. The Kier molecular flexibility index (Phi) is 5.16. The molecule has 0 amide bonds. The number of hydrogen-bond donors (Lipinski definition) is 0. The molecule has 0 N–H and O–H groups in total. The molecule has 1 saturated heterocycles. The topological polar surface area (TPSA) is 35.5 Å². The summed E-state index contributed by atoms with van der Waals surface area (Å²) in [5, 5.41) is 0. The maximum Gasteiger partial charge on any atom is 0.357 e. The Hall–Kier alpha value is 1.20. The summed E-state index contributed by atoms with van der Waals surface area (Å²) in [6, 6.07) is 0. The van der Waals surface area contributed by atoms with E-state index in [-0.39, 0.29) is 4.08 Å². The Morgan fingerprint density at radius 1 is 1.04 bits per heavy atom. The smallest absolute Gasteiger partial charge is 0.307 e. The average molecular weight is 409 g/mol. The summed E-state index contributed by atoms with van der Waals surface area (Å²) in [5.41, 5.74) is 0. The van der Waals surface area contributed by atoms with Crippen LogP contribution in [0.1, 0.15) is 46.0 Å².